The molecule has 1 fully saturated rings. The van der Waals surface area contributed by atoms with Crippen LogP contribution in [0.15, 0.2) is 35.0 Å². The summed E-state index contributed by atoms with van der Waals surface area (Å²) in [6.45, 7) is 0.281. The molecule has 0 radical (unpaired) electrons. The maximum atomic E-state index is 12.2. The van der Waals surface area contributed by atoms with E-state index < -0.39 is 17.8 Å². The molecule has 100 valence electrons. The van der Waals surface area contributed by atoms with E-state index in [2.05, 4.69) is 5.32 Å². The average molecular weight is 260 g/mol. The van der Waals surface area contributed by atoms with Gasteiger partial charge in [0, 0.05) is 11.9 Å². The molecule has 19 heavy (non-hydrogen) atoms. The van der Waals surface area contributed by atoms with Crippen LogP contribution in [0.2, 0.25) is 0 Å². The maximum absolute atomic E-state index is 12.2. The number of hydrogen-bond acceptors (Lipinski definition) is 4. The van der Waals surface area contributed by atoms with E-state index in [0.29, 0.717) is 5.76 Å². The Morgan fingerprint density at radius 2 is 2.05 bits per heavy atom. The van der Waals surface area contributed by atoms with E-state index in [0.717, 1.165) is 6.42 Å². The van der Waals surface area contributed by atoms with Crippen molar-refractivity contribution < 1.29 is 19.1 Å². The van der Waals surface area contributed by atoms with E-state index in [1.165, 1.54) is 6.26 Å². The lowest BCUT2D eigenvalue weighted by Gasteiger charge is -2.27. The van der Waals surface area contributed by atoms with Crippen LogP contribution in [0.25, 0.3) is 0 Å². The molecule has 5 nitrogen and oxygen atoms in total. The van der Waals surface area contributed by atoms with Gasteiger partial charge in [-0.05, 0) is 30.4 Å². The van der Waals surface area contributed by atoms with Crippen molar-refractivity contribution in [1.29, 1.82) is 0 Å². The number of carbonyl (C=O) groups is 2. The number of fused-ring (bicyclic) bond motifs is 2. The first-order chi connectivity index (χ1) is 9.16. The first-order valence-corrected chi connectivity index (χ1v) is 6.36. The molecular formula is C14H14NO4-. The summed E-state index contributed by atoms with van der Waals surface area (Å²) < 4.78 is 5.13. The fourth-order valence-corrected chi connectivity index (χ4v) is 3.21. The highest BCUT2D eigenvalue weighted by Gasteiger charge is 2.48. The molecule has 0 aliphatic heterocycles. The van der Waals surface area contributed by atoms with Crippen LogP contribution in [0.5, 0.6) is 0 Å². The van der Waals surface area contributed by atoms with Crippen molar-refractivity contribution >= 4 is 11.9 Å². The summed E-state index contributed by atoms with van der Waals surface area (Å²) >= 11 is 0. The lowest BCUT2D eigenvalue weighted by molar-refractivity contribution is -0.313. The standard InChI is InChI=1S/C14H15NO4/c16-13(15-7-10-2-1-5-19-10)11-8-3-4-9(6-8)12(11)14(17)18/h1-5,8-9,11-12H,6-7H2,(H,15,16)(H,17,18)/p-1. The van der Waals surface area contributed by atoms with Gasteiger partial charge < -0.3 is 19.6 Å². The van der Waals surface area contributed by atoms with Crippen LogP contribution in [0.4, 0.5) is 0 Å². The smallest absolute Gasteiger partial charge is 0.224 e. The van der Waals surface area contributed by atoms with Gasteiger partial charge in [0.25, 0.3) is 0 Å². The minimum absolute atomic E-state index is 0.0181. The van der Waals surface area contributed by atoms with E-state index in [4.69, 9.17) is 4.42 Å². The quantitative estimate of drug-likeness (QED) is 0.777. The summed E-state index contributed by atoms with van der Waals surface area (Å²) in [6.07, 6.45) is 6.10. The van der Waals surface area contributed by atoms with E-state index in [1.807, 2.05) is 12.2 Å². The number of aliphatic carboxylic acids is 1. The van der Waals surface area contributed by atoms with Crippen LogP contribution in [0, 0.1) is 23.7 Å². The third kappa shape index (κ3) is 2.05. The Morgan fingerprint density at radius 1 is 1.32 bits per heavy atom. The van der Waals surface area contributed by atoms with Gasteiger partial charge in [-0.2, -0.15) is 0 Å². The van der Waals surface area contributed by atoms with Crippen LogP contribution in [-0.2, 0) is 16.1 Å². The molecule has 4 unspecified atom stereocenters. The van der Waals surface area contributed by atoms with Gasteiger partial charge in [-0.15, -0.1) is 0 Å². The van der Waals surface area contributed by atoms with Crippen molar-refractivity contribution in [3.05, 3.63) is 36.3 Å². The Morgan fingerprint density at radius 3 is 2.68 bits per heavy atom. The molecule has 2 aliphatic carbocycles. The highest BCUT2D eigenvalue weighted by molar-refractivity contribution is 5.86. The topological polar surface area (TPSA) is 82.4 Å². The molecule has 1 amide bonds. The number of hydrogen-bond donors (Lipinski definition) is 1. The predicted molar refractivity (Wildman–Crippen MR) is 63.3 cm³/mol. The molecular weight excluding hydrogens is 246 g/mol. The number of carboxylic acids is 1. The van der Waals surface area contributed by atoms with E-state index in [9.17, 15) is 14.7 Å². The minimum Gasteiger partial charge on any atom is -0.550 e. The van der Waals surface area contributed by atoms with Crippen molar-refractivity contribution in [3.8, 4) is 0 Å². The molecule has 3 rings (SSSR count). The fraction of sp³-hybridized carbons (Fsp3) is 0.429. The molecule has 1 heterocycles. The molecule has 0 aromatic carbocycles. The van der Waals surface area contributed by atoms with Crippen LogP contribution in [0.3, 0.4) is 0 Å². The van der Waals surface area contributed by atoms with Gasteiger partial charge in [-0.3, -0.25) is 4.79 Å². The number of carboxylic acid groups (broad SMARTS) is 1. The zero-order valence-corrected chi connectivity index (χ0v) is 10.2. The van der Waals surface area contributed by atoms with Crippen LogP contribution in [-0.4, -0.2) is 11.9 Å². The minimum atomic E-state index is -1.13. The Kier molecular flexibility index (Phi) is 2.89. The van der Waals surface area contributed by atoms with Crippen LogP contribution >= 0.6 is 0 Å². The van der Waals surface area contributed by atoms with Crippen molar-refractivity contribution in [1.82, 2.24) is 5.32 Å². The molecule has 2 aliphatic rings. The Bertz CT molecular complexity index is 520. The first kappa shape index (κ1) is 12.0. The van der Waals surface area contributed by atoms with Crippen molar-refractivity contribution in [3.63, 3.8) is 0 Å². The van der Waals surface area contributed by atoms with Crippen molar-refractivity contribution in [2.24, 2.45) is 23.7 Å². The summed E-state index contributed by atoms with van der Waals surface area (Å²) in [5.41, 5.74) is 0. The Hall–Kier alpha value is -2.04. The highest BCUT2D eigenvalue weighted by atomic mass is 16.4. The highest BCUT2D eigenvalue weighted by Crippen LogP contribution is 2.47. The van der Waals surface area contributed by atoms with Gasteiger partial charge in [-0.25, -0.2) is 0 Å². The number of rotatable bonds is 4. The molecule has 2 bridgehead atoms. The van der Waals surface area contributed by atoms with E-state index >= 15 is 0 Å². The first-order valence-electron chi connectivity index (χ1n) is 6.36. The number of amides is 1. The monoisotopic (exact) mass is 260 g/mol. The molecule has 0 saturated heterocycles. The van der Waals surface area contributed by atoms with Crippen molar-refractivity contribution in [2.75, 3.05) is 0 Å². The third-order valence-corrected chi connectivity index (χ3v) is 4.05. The number of allylic oxidation sites excluding steroid dienone is 2. The van der Waals surface area contributed by atoms with Gasteiger partial charge in [-0.1, -0.05) is 12.2 Å². The normalized spacial score (nSPS) is 31.6. The van der Waals surface area contributed by atoms with Gasteiger partial charge in [0.2, 0.25) is 5.91 Å². The second-order valence-corrected chi connectivity index (χ2v) is 5.12. The maximum Gasteiger partial charge on any atom is 0.224 e. The summed E-state index contributed by atoms with van der Waals surface area (Å²) in [7, 11) is 0. The van der Waals surface area contributed by atoms with E-state index in [-0.39, 0.29) is 24.3 Å². The van der Waals surface area contributed by atoms with Gasteiger partial charge in [0.1, 0.15) is 5.76 Å². The molecule has 1 saturated carbocycles. The molecule has 1 aromatic rings. The number of nitrogens with one attached hydrogen (secondary N) is 1. The average Bonchev–Trinajstić information content (AvgIpc) is 3.10. The summed E-state index contributed by atoms with van der Waals surface area (Å²) in [4.78, 5) is 23.4. The lowest BCUT2D eigenvalue weighted by Crippen LogP contribution is -2.44. The van der Waals surface area contributed by atoms with Crippen molar-refractivity contribution in [2.45, 2.75) is 13.0 Å². The molecule has 4 atom stereocenters. The summed E-state index contributed by atoms with van der Waals surface area (Å²) in [5.74, 6) is -1.98. The molecule has 1 aromatic heterocycles. The Labute approximate surface area is 110 Å². The number of carbonyl (C=O) groups excluding carboxylic acids is 2. The van der Waals surface area contributed by atoms with Crippen LogP contribution < -0.4 is 10.4 Å². The SMILES string of the molecule is O=C([O-])C1C2C=CC(C2)C1C(=O)NCc1ccco1. The van der Waals surface area contributed by atoms with Gasteiger partial charge in [0.15, 0.2) is 0 Å². The molecule has 0 spiro atoms. The van der Waals surface area contributed by atoms with E-state index in [1.54, 1.807) is 12.1 Å². The largest absolute Gasteiger partial charge is 0.550 e. The predicted octanol–water partition coefficient (Wildman–Crippen LogP) is 0.0840. The molecule has 1 N–H and O–H groups in total. The van der Waals surface area contributed by atoms with Gasteiger partial charge in [0.05, 0.1) is 18.7 Å². The summed E-state index contributed by atoms with van der Waals surface area (Å²) in [5, 5.41) is 13.9. The van der Waals surface area contributed by atoms with Crippen LogP contribution in [0.1, 0.15) is 12.2 Å². The second kappa shape index (κ2) is 4.57. The third-order valence-electron chi connectivity index (χ3n) is 4.05. The Balaban J connectivity index is 1.68. The second-order valence-electron chi connectivity index (χ2n) is 5.12. The summed E-state index contributed by atoms with van der Waals surface area (Å²) in [6, 6.07) is 3.50. The lowest BCUT2D eigenvalue weighted by atomic mass is 9.82. The number of furan rings is 1. The fourth-order valence-electron chi connectivity index (χ4n) is 3.21. The zero-order valence-electron chi connectivity index (χ0n) is 10.2. The molecule has 5 heteroatoms. The zero-order chi connectivity index (χ0) is 13.4. The van der Waals surface area contributed by atoms with Gasteiger partial charge >= 0.3 is 0 Å².